The van der Waals surface area contributed by atoms with Crippen molar-refractivity contribution in [1.82, 2.24) is 25.0 Å². The minimum Gasteiger partial charge on any atom is -0.350 e. The van der Waals surface area contributed by atoms with Crippen LogP contribution in [0.2, 0.25) is 0 Å². The highest BCUT2D eigenvalue weighted by molar-refractivity contribution is 5.98. The van der Waals surface area contributed by atoms with E-state index >= 15 is 0 Å². The largest absolute Gasteiger partial charge is 0.350 e. The maximum atomic E-state index is 11.6. The van der Waals surface area contributed by atoms with Gasteiger partial charge in [-0.3, -0.25) is 14.5 Å². The van der Waals surface area contributed by atoms with Crippen molar-refractivity contribution < 1.29 is 4.79 Å². The van der Waals surface area contributed by atoms with Gasteiger partial charge in [0.25, 0.3) is 0 Å². The van der Waals surface area contributed by atoms with Crippen molar-refractivity contribution in [2.45, 2.75) is 44.7 Å². The average molecular weight is 363 g/mol. The van der Waals surface area contributed by atoms with Gasteiger partial charge in [0.05, 0.1) is 11.9 Å². The van der Waals surface area contributed by atoms with Crippen LogP contribution in [-0.2, 0) is 11.8 Å². The van der Waals surface area contributed by atoms with E-state index in [0.29, 0.717) is 17.9 Å². The molecule has 2 fully saturated rings. The van der Waals surface area contributed by atoms with Gasteiger partial charge in [-0.2, -0.15) is 0 Å². The fourth-order valence-electron chi connectivity index (χ4n) is 4.44. The van der Waals surface area contributed by atoms with Gasteiger partial charge < -0.3 is 10.2 Å². The summed E-state index contributed by atoms with van der Waals surface area (Å²) in [6.07, 6.45) is 8.56. The van der Waals surface area contributed by atoms with Crippen molar-refractivity contribution in [3.63, 3.8) is 0 Å². The molecule has 1 N–H and O–H groups in total. The number of fused-ring (bicyclic) bond motifs is 3. The molecule has 138 valence electrons. The summed E-state index contributed by atoms with van der Waals surface area (Å²) >= 11 is 0. The van der Waals surface area contributed by atoms with Crippen LogP contribution in [-0.4, -0.2) is 43.0 Å². The summed E-state index contributed by atoms with van der Waals surface area (Å²) in [6, 6.07) is 4.98. The second kappa shape index (κ2) is 6.00. The fraction of sp³-hybridized carbons (Fsp3) is 0.421. The zero-order valence-corrected chi connectivity index (χ0v) is 15.4. The van der Waals surface area contributed by atoms with Crippen molar-refractivity contribution in [1.29, 1.82) is 0 Å². The zero-order chi connectivity index (χ0) is 18.5. The molecule has 2 saturated heterocycles. The quantitative estimate of drug-likeness (QED) is 0.769. The van der Waals surface area contributed by atoms with Gasteiger partial charge in [-0.15, -0.1) is 5.10 Å². The molecule has 3 aromatic rings. The second-order valence-electron chi connectivity index (χ2n) is 7.45. The number of nitrogens with one attached hydrogen (secondary N) is 1. The Labute approximate surface area is 156 Å². The minimum absolute atomic E-state index is 0.125. The van der Waals surface area contributed by atoms with E-state index in [2.05, 4.69) is 25.5 Å². The van der Waals surface area contributed by atoms with E-state index in [1.165, 1.54) is 32.6 Å². The zero-order valence-electron chi connectivity index (χ0n) is 15.4. The number of carbonyl (C=O) groups is 1. The maximum Gasteiger partial charge on any atom is 0.222 e. The highest BCUT2D eigenvalue weighted by atomic mass is 16.1. The molecule has 0 aromatic carbocycles. The summed E-state index contributed by atoms with van der Waals surface area (Å²) in [7, 11) is 1.83. The summed E-state index contributed by atoms with van der Waals surface area (Å²) in [5, 5.41) is 13.0. The first-order chi connectivity index (χ1) is 13.1. The number of rotatable bonds is 3. The molecule has 0 spiro atoms. The lowest BCUT2D eigenvalue weighted by atomic mass is 10.0. The third kappa shape index (κ3) is 2.72. The van der Waals surface area contributed by atoms with E-state index in [1.54, 1.807) is 4.68 Å². The lowest BCUT2D eigenvalue weighted by Gasteiger charge is -2.25. The summed E-state index contributed by atoms with van der Waals surface area (Å²) < 4.78 is 1.66. The van der Waals surface area contributed by atoms with Crippen LogP contribution in [0.5, 0.6) is 0 Å². The second-order valence-corrected chi connectivity index (χ2v) is 7.45. The Morgan fingerprint density at radius 3 is 2.52 bits per heavy atom. The number of nitrogens with zero attached hydrogens (tertiary/aromatic N) is 6. The molecule has 5 rings (SSSR count). The van der Waals surface area contributed by atoms with Gasteiger partial charge in [0, 0.05) is 37.6 Å². The number of aromatic nitrogens is 5. The van der Waals surface area contributed by atoms with Crippen LogP contribution >= 0.6 is 0 Å². The number of pyridine rings is 2. The molecule has 0 aliphatic carbocycles. The molecule has 0 atom stereocenters. The van der Waals surface area contributed by atoms with Crippen LogP contribution in [0.15, 0.2) is 24.5 Å². The van der Waals surface area contributed by atoms with Crippen LogP contribution in [0.25, 0.3) is 22.2 Å². The van der Waals surface area contributed by atoms with E-state index in [1.807, 2.05) is 31.6 Å². The van der Waals surface area contributed by atoms with E-state index in [9.17, 15) is 4.79 Å². The monoisotopic (exact) mass is 363 g/mol. The SMILES string of the molecule is CC(=O)Nc1cc2cc(-c3cn(C)nn3)ncc2c(N2C3CCC2CC3)n1. The fourth-order valence-corrected chi connectivity index (χ4v) is 4.44. The molecule has 0 saturated carbocycles. The smallest absolute Gasteiger partial charge is 0.222 e. The number of carbonyl (C=O) groups excluding carboxylic acids is 1. The normalized spacial score (nSPS) is 21.2. The summed E-state index contributed by atoms with van der Waals surface area (Å²) in [5.74, 6) is 1.38. The van der Waals surface area contributed by atoms with Crippen molar-refractivity contribution >= 4 is 28.3 Å². The summed E-state index contributed by atoms with van der Waals surface area (Å²) in [5.41, 5.74) is 1.48. The number of amides is 1. The van der Waals surface area contributed by atoms with Crippen LogP contribution in [0.1, 0.15) is 32.6 Å². The molecule has 1 amide bonds. The van der Waals surface area contributed by atoms with Crippen LogP contribution in [0.3, 0.4) is 0 Å². The van der Waals surface area contributed by atoms with Crippen molar-refractivity contribution in [2.24, 2.45) is 7.05 Å². The molecule has 0 radical (unpaired) electrons. The molecule has 2 aliphatic rings. The lowest BCUT2D eigenvalue weighted by molar-refractivity contribution is -0.114. The molecule has 2 aliphatic heterocycles. The number of aryl methyl sites for hydroxylation is 1. The molecule has 2 bridgehead atoms. The van der Waals surface area contributed by atoms with Gasteiger partial charge in [-0.25, -0.2) is 4.98 Å². The molecule has 8 heteroatoms. The van der Waals surface area contributed by atoms with Gasteiger partial charge in [0.1, 0.15) is 17.3 Å². The number of hydrogen-bond acceptors (Lipinski definition) is 6. The Morgan fingerprint density at radius 1 is 1.15 bits per heavy atom. The van der Waals surface area contributed by atoms with Crippen molar-refractivity contribution in [3.05, 3.63) is 24.5 Å². The van der Waals surface area contributed by atoms with Gasteiger partial charge in [-0.1, -0.05) is 5.21 Å². The molecular formula is C19H21N7O. The first-order valence-corrected chi connectivity index (χ1v) is 9.32. The summed E-state index contributed by atoms with van der Waals surface area (Å²) in [4.78, 5) is 23.5. The Bertz CT molecular complexity index is 1020. The molecular weight excluding hydrogens is 342 g/mol. The van der Waals surface area contributed by atoms with E-state index in [-0.39, 0.29) is 5.91 Å². The minimum atomic E-state index is -0.125. The van der Waals surface area contributed by atoms with E-state index < -0.39 is 0 Å². The van der Waals surface area contributed by atoms with Gasteiger partial charge in [-0.05, 0) is 43.2 Å². The Kier molecular flexibility index (Phi) is 3.60. The summed E-state index contributed by atoms with van der Waals surface area (Å²) in [6.45, 7) is 1.50. The van der Waals surface area contributed by atoms with Crippen LogP contribution in [0, 0.1) is 0 Å². The van der Waals surface area contributed by atoms with E-state index in [4.69, 9.17) is 4.98 Å². The first kappa shape index (κ1) is 16.2. The van der Waals surface area contributed by atoms with E-state index in [0.717, 1.165) is 28.0 Å². The van der Waals surface area contributed by atoms with Crippen LogP contribution < -0.4 is 10.2 Å². The third-order valence-electron chi connectivity index (χ3n) is 5.56. The highest BCUT2D eigenvalue weighted by Gasteiger charge is 2.40. The standard InChI is InChI=1S/C19H21N7O/c1-11(27)21-18-8-12-7-16(17-10-25(2)24-23-17)20-9-15(12)19(22-18)26-13-3-4-14(26)6-5-13/h7-10,13-14H,3-6H2,1-2H3,(H,21,22,27). The Hall–Kier alpha value is -3.03. The highest BCUT2D eigenvalue weighted by Crippen LogP contribution is 2.43. The molecule has 5 heterocycles. The topological polar surface area (TPSA) is 88.8 Å². The molecule has 8 nitrogen and oxygen atoms in total. The van der Waals surface area contributed by atoms with Gasteiger partial charge >= 0.3 is 0 Å². The van der Waals surface area contributed by atoms with Crippen LogP contribution in [0.4, 0.5) is 11.6 Å². The molecule has 3 aromatic heterocycles. The Balaban J connectivity index is 1.67. The number of anilines is 2. The molecule has 27 heavy (non-hydrogen) atoms. The Morgan fingerprint density at radius 2 is 1.89 bits per heavy atom. The molecule has 0 unspecified atom stereocenters. The lowest BCUT2D eigenvalue weighted by Crippen LogP contribution is -2.29. The predicted molar refractivity (Wildman–Crippen MR) is 102 cm³/mol. The number of hydrogen-bond donors (Lipinski definition) is 1. The maximum absolute atomic E-state index is 11.6. The van der Waals surface area contributed by atoms with Crippen molar-refractivity contribution in [2.75, 3.05) is 10.2 Å². The average Bonchev–Trinajstić information content (AvgIpc) is 3.35. The van der Waals surface area contributed by atoms with Crippen molar-refractivity contribution in [3.8, 4) is 11.4 Å². The van der Waals surface area contributed by atoms with Gasteiger partial charge in [0.15, 0.2) is 0 Å². The first-order valence-electron chi connectivity index (χ1n) is 9.32. The third-order valence-corrected chi connectivity index (χ3v) is 5.56. The predicted octanol–water partition coefficient (Wildman–Crippen LogP) is 2.51. The van der Waals surface area contributed by atoms with Gasteiger partial charge in [0.2, 0.25) is 5.91 Å².